The number of amides is 1. The lowest BCUT2D eigenvalue weighted by atomic mass is 10.1. The average Bonchev–Trinajstić information content (AvgIpc) is 2.88. The van der Waals surface area contributed by atoms with Crippen molar-refractivity contribution in [2.45, 2.75) is 18.7 Å². The molecule has 5 nitrogen and oxygen atoms in total. The quantitative estimate of drug-likeness (QED) is 0.252. The number of rotatable bonds is 6. The van der Waals surface area contributed by atoms with Crippen LogP contribution in [0.15, 0.2) is 108 Å². The topological polar surface area (TPSA) is 63.7 Å². The average molecular weight is 496 g/mol. The highest BCUT2D eigenvalue weighted by Crippen LogP contribution is 2.31. The fraction of sp³-hybridized carbons (Fsp3) is 0.100. The van der Waals surface area contributed by atoms with Gasteiger partial charge in [-0.1, -0.05) is 77.6 Å². The number of benzene rings is 4. The Balaban J connectivity index is 1.71. The largest absolute Gasteiger partial charge is 0.377 e. The molecular formula is C30H25NO4S. The lowest BCUT2D eigenvalue weighted by Crippen LogP contribution is -2.32. The smallest absolute Gasteiger partial charge is 0.339 e. The molecule has 0 saturated heterocycles. The van der Waals surface area contributed by atoms with E-state index >= 15 is 0 Å². The van der Waals surface area contributed by atoms with Crippen LogP contribution < -0.4 is 9.08 Å². The first-order chi connectivity index (χ1) is 17.3. The molecule has 36 heavy (non-hydrogen) atoms. The molecule has 0 aliphatic rings. The monoisotopic (exact) mass is 495 g/mol. The van der Waals surface area contributed by atoms with Gasteiger partial charge in [-0.15, -0.1) is 0 Å². The second kappa shape index (κ2) is 10.9. The molecule has 0 aliphatic heterocycles. The van der Waals surface area contributed by atoms with E-state index in [0.717, 1.165) is 16.7 Å². The SMILES string of the molecule is Cc1ccc(C#CCN(C(=O)c2ccccc2)c2ccccc2OS(=O)(=O)c2ccc(C)cc2)cc1. The highest BCUT2D eigenvalue weighted by atomic mass is 32.2. The number of carbonyl (C=O) groups excluding carboxylic acids is 1. The van der Waals surface area contributed by atoms with Gasteiger partial charge in [-0.25, -0.2) is 0 Å². The number of carbonyl (C=O) groups is 1. The third-order valence-corrected chi connectivity index (χ3v) is 6.70. The number of aryl methyl sites for hydroxylation is 2. The zero-order valence-electron chi connectivity index (χ0n) is 20.0. The van der Waals surface area contributed by atoms with Crippen molar-refractivity contribution in [3.8, 4) is 17.6 Å². The Labute approximate surface area is 212 Å². The zero-order chi connectivity index (χ0) is 25.5. The maximum absolute atomic E-state index is 13.5. The van der Waals surface area contributed by atoms with Crippen LogP contribution in [0, 0.1) is 25.7 Å². The molecule has 0 bridgehead atoms. The molecule has 4 aromatic rings. The summed E-state index contributed by atoms with van der Waals surface area (Å²) in [6.45, 7) is 3.91. The van der Waals surface area contributed by atoms with Crippen LogP contribution in [-0.2, 0) is 10.1 Å². The molecular weight excluding hydrogens is 470 g/mol. The summed E-state index contributed by atoms with van der Waals surface area (Å²) in [6.07, 6.45) is 0. The van der Waals surface area contributed by atoms with Crippen LogP contribution in [0.2, 0.25) is 0 Å². The summed E-state index contributed by atoms with van der Waals surface area (Å²) >= 11 is 0. The number of hydrogen-bond donors (Lipinski definition) is 0. The molecule has 4 aromatic carbocycles. The summed E-state index contributed by atoms with van der Waals surface area (Å²) in [5, 5.41) is 0. The van der Waals surface area contributed by atoms with E-state index in [0.29, 0.717) is 11.3 Å². The summed E-state index contributed by atoms with van der Waals surface area (Å²) in [6, 6.07) is 29.5. The Bertz CT molecular complexity index is 1520. The predicted molar refractivity (Wildman–Crippen MR) is 142 cm³/mol. The highest BCUT2D eigenvalue weighted by Gasteiger charge is 2.24. The van der Waals surface area contributed by atoms with Gasteiger partial charge in [-0.05, 0) is 62.4 Å². The third-order valence-electron chi connectivity index (χ3n) is 5.45. The lowest BCUT2D eigenvalue weighted by Gasteiger charge is -2.23. The fourth-order valence-electron chi connectivity index (χ4n) is 3.48. The third kappa shape index (κ3) is 6.01. The summed E-state index contributed by atoms with van der Waals surface area (Å²) < 4.78 is 31.5. The Hall–Kier alpha value is -4.34. The zero-order valence-corrected chi connectivity index (χ0v) is 20.8. The number of hydrogen-bond acceptors (Lipinski definition) is 4. The maximum Gasteiger partial charge on any atom is 0.339 e. The second-order valence-corrected chi connectivity index (χ2v) is 9.79. The molecule has 180 valence electrons. The van der Waals surface area contributed by atoms with Gasteiger partial charge < -0.3 is 4.18 Å². The van der Waals surface area contributed by atoms with Crippen LogP contribution in [0.5, 0.6) is 5.75 Å². The summed E-state index contributed by atoms with van der Waals surface area (Å²) in [5.74, 6) is 5.84. The van der Waals surface area contributed by atoms with Gasteiger partial charge in [-0.2, -0.15) is 8.42 Å². The van der Waals surface area contributed by atoms with Crippen molar-refractivity contribution in [3.05, 3.63) is 125 Å². The van der Waals surface area contributed by atoms with E-state index in [-0.39, 0.29) is 23.1 Å². The maximum atomic E-state index is 13.5. The van der Waals surface area contributed by atoms with E-state index in [1.807, 2.05) is 44.2 Å². The minimum atomic E-state index is -4.12. The molecule has 0 spiro atoms. The molecule has 0 radical (unpaired) electrons. The van der Waals surface area contributed by atoms with Crippen molar-refractivity contribution in [3.63, 3.8) is 0 Å². The van der Waals surface area contributed by atoms with Crippen LogP contribution in [0.3, 0.4) is 0 Å². The molecule has 6 heteroatoms. The van der Waals surface area contributed by atoms with Crippen LogP contribution in [0.1, 0.15) is 27.0 Å². The standard InChI is InChI=1S/C30H25NO4S/c1-23-14-18-25(19-15-23)9-8-22-31(30(32)26-10-4-3-5-11-26)28-12-6-7-13-29(28)35-36(33,34)27-20-16-24(2)17-21-27/h3-7,10-21H,22H2,1-2H3. The predicted octanol–water partition coefficient (Wildman–Crippen LogP) is 5.77. The number of para-hydroxylation sites is 2. The molecule has 0 fully saturated rings. The molecule has 0 atom stereocenters. The van der Waals surface area contributed by atoms with Crippen molar-refractivity contribution in [2.75, 3.05) is 11.4 Å². The molecule has 4 rings (SSSR count). The Morgan fingerprint density at radius 2 is 1.36 bits per heavy atom. The van der Waals surface area contributed by atoms with Crippen molar-refractivity contribution in [1.29, 1.82) is 0 Å². The van der Waals surface area contributed by atoms with E-state index in [1.54, 1.807) is 54.6 Å². The van der Waals surface area contributed by atoms with Gasteiger partial charge in [0.1, 0.15) is 4.90 Å². The number of nitrogens with zero attached hydrogens (tertiary/aromatic N) is 1. The van der Waals surface area contributed by atoms with Crippen LogP contribution in [0.25, 0.3) is 0 Å². The minimum Gasteiger partial charge on any atom is -0.377 e. The van der Waals surface area contributed by atoms with Crippen molar-refractivity contribution < 1.29 is 17.4 Å². The van der Waals surface area contributed by atoms with Gasteiger partial charge in [0.2, 0.25) is 0 Å². The van der Waals surface area contributed by atoms with E-state index in [1.165, 1.54) is 23.1 Å². The lowest BCUT2D eigenvalue weighted by molar-refractivity contribution is 0.0989. The molecule has 1 amide bonds. The highest BCUT2D eigenvalue weighted by molar-refractivity contribution is 7.87. The minimum absolute atomic E-state index is 0.0306. The van der Waals surface area contributed by atoms with Gasteiger partial charge >= 0.3 is 10.1 Å². The van der Waals surface area contributed by atoms with Crippen LogP contribution in [0.4, 0.5) is 5.69 Å². The first kappa shape index (κ1) is 24.8. The number of anilines is 1. The van der Waals surface area contributed by atoms with E-state index in [9.17, 15) is 13.2 Å². The summed E-state index contributed by atoms with van der Waals surface area (Å²) in [5.41, 5.74) is 3.63. The molecule has 0 heterocycles. The molecule has 0 saturated carbocycles. The molecule has 0 aromatic heterocycles. The molecule has 0 N–H and O–H groups in total. The van der Waals surface area contributed by atoms with E-state index in [4.69, 9.17) is 4.18 Å². The first-order valence-electron chi connectivity index (χ1n) is 11.4. The Morgan fingerprint density at radius 3 is 2.03 bits per heavy atom. The molecule has 0 unspecified atom stereocenters. The normalized spacial score (nSPS) is 10.7. The Kier molecular flexibility index (Phi) is 7.53. The Morgan fingerprint density at radius 1 is 0.778 bits per heavy atom. The van der Waals surface area contributed by atoms with Crippen LogP contribution >= 0.6 is 0 Å². The molecule has 0 aliphatic carbocycles. The van der Waals surface area contributed by atoms with Crippen LogP contribution in [-0.4, -0.2) is 20.9 Å². The first-order valence-corrected chi connectivity index (χ1v) is 12.8. The van der Waals surface area contributed by atoms with Gasteiger partial charge in [0.15, 0.2) is 5.75 Å². The van der Waals surface area contributed by atoms with Crippen molar-refractivity contribution >= 4 is 21.7 Å². The summed E-state index contributed by atoms with van der Waals surface area (Å²) in [7, 11) is -4.12. The van der Waals surface area contributed by atoms with Gasteiger partial charge in [0, 0.05) is 11.1 Å². The fourth-order valence-corrected chi connectivity index (χ4v) is 4.43. The second-order valence-electron chi connectivity index (χ2n) is 8.24. The van der Waals surface area contributed by atoms with E-state index < -0.39 is 10.1 Å². The van der Waals surface area contributed by atoms with E-state index in [2.05, 4.69) is 11.8 Å². The van der Waals surface area contributed by atoms with Gasteiger partial charge in [0.05, 0.1) is 12.2 Å². The summed E-state index contributed by atoms with van der Waals surface area (Å²) in [4.78, 5) is 15.0. The van der Waals surface area contributed by atoms with Gasteiger partial charge in [0.25, 0.3) is 5.91 Å². The van der Waals surface area contributed by atoms with Gasteiger partial charge in [-0.3, -0.25) is 9.69 Å². The van der Waals surface area contributed by atoms with Crippen molar-refractivity contribution in [2.24, 2.45) is 0 Å². The van der Waals surface area contributed by atoms with Crippen molar-refractivity contribution in [1.82, 2.24) is 0 Å².